The van der Waals surface area contributed by atoms with Crippen LogP contribution in [0.3, 0.4) is 0 Å². The van der Waals surface area contributed by atoms with Crippen LogP contribution in [0.5, 0.6) is 0 Å². The van der Waals surface area contributed by atoms with Crippen LogP contribution < -0.4 is 5.32 Å². The lowest BCUT2D eigenvalue weighted by molar-refractivity contribution is 0.628. The molecule has 0 spiro atoms. The molecule has 140 valence electrons. The van der Waals surface area contributed by atoms with Crippen molar-refractivity contribution in [3.05, 3.63) is 77.8 Å². The number of benzene rings is 1. The number of hydrogen-bond acceptors (Lipinski definition) is 5. The van der Waals surface area contributed by atoms with E-state index in [1.807, 2.05) is 31.2 Å². The molecule has 0 aliphatic rings. The lowest BCUT2D eigenvalue weighted by Gasteiger charge is -2.12. The Morgan fingerprint density at radius 2 is 2.11 bits per heavy atom. The van der Waals surface area contributed by atoms with Crippen molar-refractivity contribution in [3.63, 3.8) is 0 Å². The largest absolute Gasteiger partial charge is 0.393 e. The van der Waals surface area contributed by atoms with Crippen LogP contribution in [0.15, 0.2) is 55.0 Å². The van der Waals surface area contributed by atoms with E-state index in [1.54, 1.807) is 30.0 Å². The first-order chi connectivity index (χ1) is 13.6. The Morgan fingerprint density at radius 3 is 2.89 bits per heavy atom. The SMILES string of the molecule is CN/C=C(\C=N)c1cc(F)c2nnc(C(C)c3ccc4ncccc4c3)n2c1. The second-order valence-corrected chi connectivity index (χ2v) is 6.54. The van der Waals surface area contributed by atoms with Gasteiger partial charge in [0.1, 0.15) is 5.82 Å². The zero-order valence-corrected chi connectivity index (χ0v) is 15.5. The Morgan fingerprint density at radius 1 is 1.25 bits per heavy atom. The number of nitrogens with zero attached hydrogens (tertiary/aromatic N) is 4. The topological polar surface area (TPSA) is 79.0 Å². The molecule has 28 heavy (non-hydrogen) atoms. The monoisotopic (exact) mass is 374 g/mol. The van der Waals surface area contributed by atoms with Crippen LogP contribution in [0.4, 0.5) is 4.39 Å². The van der Waals surface area contributed by atoms with Crippen molar-refractivity contribution in [1.82, 2.24) is 24.9 Å². The Bertz CT molecular complexity index is 1210. The Balaban J connectivity index is 1.84. The maximum atomic E-state index is 14.6. The lowest BCUT2D eigenvalue weighted by Crippen LogP contribution is -2.05. The van der Waals surface area contributed by atoms with E-state index in [-0.39, 0.29) is 11.6 Å². The minimum Gasteiger partial charge on any atom is -0.393 e. The molecule has 7 heteroatoms. The molecule has 0 fully saturated rings. The second-order valence-electron chi connectivity index (χ2n) is 6.54. The lowest BCUT2D eigenvalue weighted by atomic mass is 9.98. The molecule has 3 aromatic heterocycles. The third-order valence-electron chi connectivity index (χ3n) is 4.79. The van der Waals surface area contributed by atoms with Crippen LogP contribution in [0.1, 0.15) is 29.8 Å². The molecule has 6 nitrogen and oxygen atoms in total. The molecule has 1 unspecified atom stereocenters. The van der Waals surface area contributed by atoms with E-state index in [4.69, 9.17) is 5.41 Å². The molecule has 0 bridgehead atoms. The van der Waals surface area contributed by atoms with Crippen LogP contribution in [0.25, 0.3) is 22.1 Å². The van der Waals surface area contributed by atoms with Crippen molar-refractivity contribution >= 4 is 28.3 Å². The number of fused-ring (bicyclic) bond motifs is 2. The summed E-state index contributed by atoms with van der Waals surface area (Å²) in [6.45, 7) is 2.01. The molecule has 0 saturated carbocycles. The Hall–Kier alpha value is -3.61. The van der Waals surface area contributed by atoms with Gasteiger partial charge in [0.25, 0.3) is 0 Å². The van der Waals surface area contributed by atoms with E-state index >= 15 is 0 Å². The molecular formula is C21H19FN6. The number of aromatic nitrogens is 4. The third-order valence-corrected chi connectivity index (χ3v) is 4.79. The zero-order valence-electron chi connectivity index (χ0n) is 15.5. The number of allylic oxidation sites excluding steroid dienone is 1. The molecule has 0 aliphatic carbocycles. The summed E-state index contributed by atoms with van der Waals surface area (Å²) >= 11 is 0. The summed E-state index contributed by atoms with van der Waals surface area (Å²) in [5.41, 5.74) is 3.27. The van der Waals surface area contributed by atoms with E-state index in [1.165, 1.54) is 12.3 Å². The molecule has 0 aliphatic heterocycles. The average Bonchev–Trinajstić information content (AvgIpc) is 3.15. The van der Waals surface area contributed by atoms with E-state index in [0.29, 0.717) is 17.0 Å². The number of rotatable bonds is 5. The van der Waals surface area contributed by atoms with Crippen LogP contribution >= 0.6 is 0 Å². The summed E-state index contributed by atoms with van der Waals surface area (Å²) in [7, 11) is 1.74. The van der Waals surface area contributed by atoms with Crippen molar-refractivity contribution in [3.8, 4) is 0 Å². The van der Waals surface area contributed by atoms with Gasteiger partial charge in [0.2, 0.25) is 0 Å². The highest BCUT2D eigenvalue weighted by molar-refractivity contribution is 6.08. The fourth-order valence-electron chi connectivity index (χ4n) is 3.30. The number of hydrogen-bond donors (Lipinski definition) is 2. The van der Waals surface area contributed by atoms with E-state index < -0.39 is 5.82 Å². The molecule has 4 aromatic rings. The predicted molar refractivity (Wildman–Crippen MR) is 108 cm³/mol. The summed E-state index contributed by atoms with van der Waals surface area (Å²) in [6, 6.07) is 11.3. The van der Waals surface area contributed by atoms with Gasteiger partial charge in [0, 0.05) is 54.3 Å². The van der Waals surface area contributed by atoms with Crippen LogP contribution in [-0.4, -0.2) is 32.8 Å². The standard InChI is InChI=1S/C21H19FN6/c1-13(14-5-6-19-15(8-14)4-3-7-25-19)20-26-27-21-18(22)9-16(12-28(20)21)17(10-23)11-24-2/h3-13,23-24H,1-2H3/b17-11+,23-10?. The van der Waals surface area contributed by atoms with Crippen molar-refractivity contribution < 1.29 is 4.39 Å². The van der Waals surface area contributed by atoms with Gasteiger partial charge in [-0.1, -0.05) is 19.1 Å². The van der Waals surface area contributed by atoms with E-state index in [2.05, 4.69) is 26.6 Å². The minimum atomic E-state index is -0.477. The van der Waals surface area contributed by atoms with E-state index in [0.717, 1.165) is 16.5 Å². The summed E-state index contributed by atoms with van der Waals surface area (Å²) in [5, 5.41) is 19.8. The maximum Gasteiger partial charge on any atom is 0.196 e. The first-order valence-electron chi connectivity index (χ1n) is 8.89. The highest BCUT2D eigenvalue weighted by atomic mass is 19.1. The average molecular weight is 374 g/mol. The minimum absolute atomic E-state index is 0.106. The zero-order chi connectivity index (χ0) is 19.7. The second kappa shape index (κ2) is 7.19. The molecule has 1 atom stereocenters. The van der Waals surface area contributed by atoms with Gasteiger partial charge in [-0.15, -0.1) is 10.2 Å². The Kier molecular flexibility index (Phi) is 4.57. The van der Waals surface area contributed by atoms with Crippen LogP contribution in [0.2, 0.25) is 0 Å². The molecule has 2 N–H and O–H groups in total. The quantitative estimate of drug-likeness (QED) is 0.521. The highest BCUT2D eigenvalue weighted by Crippen LogP contribution is 2.27. The number of pyridine rings is 2. The normalized spacial score (nSPS) is 13.0. The van der Waals surface area contributed by atoms with Crippen molar-refractivity contribution in [2.24, 2.45) is 0 Å². The Labute approximate surface area is 161 Å². The fraction of sp³-hybridized carbons (Fsp3) is 0.143. The van der Waals surface area contributed by atoms with Crippen molar-refractivity contribution in [1.29, 1.82) is 5.41 Å². The van der Waals surface area contributed by atoms with Crippen LogP contribution in [0, 0.1) is 11.2 Å². The highest BCUT2D eigenvalue weighted by Gasteiger charge is 2.19. The van der Waals surface area contributed by atoms with Crippen LogP contribution in [-0.2, 0) is 0 Å². The molecular weight excluding hydrogens is 355 g/mol. The molecule has 3 heterocycles. The first-order valence-corrected chi connectivity index (χ1v) is 8.89. The summed E-state index contributed by atoms with van der Waals surface area (Å²) in [6.07, 6.45) is 6.36. The van der Waals surface area contributed by atoms with Gasteiger partial charge >= 0.3 is 0 Å². The number of halogens is 1. The third kappa shape index (κ3) is 3.00. The van der Waals surface area contributed by atoms with Gasteiger partial charge in [0.15, 0.2) is 11.5 Å². The van der Waals surface area contributed by atoms with Gasteiger partial charge in [-0.25, -0.2) is 4.39 Å². The molecule has 0 amide bonds. The molecule has 4 rings (SSSR count). The number of nitrogens with one attached hydrogen (secondary N) is 2. The van der Waals surface area contributed by atoms with Crippen molar-refractivity contribution in [2.75, 3.05) is 7.05 Å². The smallest absolute Gasteiger partial charge is 0.196 e. The van der Waals surface area contributed by atoms with Gasteiger partial charge in [-0.05, 0) is 29.8 Å². The maximum absolute atomic E-state index is 14.6. The molecule has 0 saturated heterocycles. The van der Waals surface area contributed by atoms with Gasteiger partial charge in [-0.2, -0.15) is 0 Å². The van der Waals surface area contributed by atoms with Gasteiger partial charge < -0.3 is 10.7 Å². The van der Waals surface area contributed by atoms with Gasteiger partial charge in [0.05, 0.1) is 5.52 Å². The summed E-state index contributed by atoms with van der Waals surface area (Å²) < 4.78 is 16.3. The van der Waals surface area contributed by atoms with Gasteiger partial charge in [-0.3, -0.25) is 9.38 Å². The first kappa shape index (κ1) is 17.8. The summed E-state index contributed by atoms with van der Waals surface area (Å²) in [4.78, 5) is 4.35. The van der Waals surface area contributed by atoms with E-state index in [9.17, 15) is 4.39 Å². The molecule has 0 radical (unpaired) electrons. The predicted octanol–water partition coefficient (Wildman–Crippen LogP) is 3.78. The van der Waals surface area contributed by atoms with Crippen molar-refractivity contribution in [2.45, 2.75) is 12.8 Å². The molecule has 1 aromatic carbocycles. The fourth-order valence-corrected chi connectivity index (χ4v) is 3.30. The summed E-state index contributed by atoms with van der Waals surface area (Å²) in [5.74, 6) is 0.0498.